The van der Waals surface area contributed by atoms with Gasteiger partial charge in [-0.2, -0.15) is 0 Å². The quantitative estimate of drug-likeness (QED) is 0.121. The number of nitrogens with zero attached hydrogens (tertiary/aromatic N) is 2. The van der Waals surface area contributed by atoms with Crippen molar-refractivity contribution in [2.45, 2.75) is 10.9 Å². The van der Waals surface area contributed by atoms with Crippen LogP contribution >= 0.6 is 23.4 Å². The van der Waals surface area contributed by atoms with Crippen LogP contribution in [0.1, 0.15) is 5.56 Å². The molecule has 3 nitrogen and oxygen atoms in total. The van der Waals surface area contributed by atoms with Crippen LogP contribution < -0.4 is 5.56 Å². The Morgan fingerprint density at radius 2 is 1.52 bits per heavy atom. The van der Waals surface area contributed by atoms with E-state index in [0.29, 0.717) is 28.0 Å². The van der Waals surface area contributed by atoms with E-state index in [9.17, 15) is 26.7 Å². The van der Waals surface area contributed by atoms with Gasteiger partial charge in [-0.25, -0.2) is 26.9 Å². The summed E-state index contributed by atoms with van der Waals surface area (Å²) < 4.78 is 69.7. The molecule has 10 heteroatoms. The second-order valence-corrected chi connectivity index (χ2v) is 7.75. The lowest BCUT2D eigenvalue weighted by Gasteiger charge is -2.14. The van der Waals surface area contributed by atoms with E-state index in [1.54, 1.807) is 42.5 Å². The van der Waals surface area contributed by atoms with Gasteiger partial charge in [-0.1, -0.05) is 41.6 Å². The fourth-order valence-corrected chi connectivity index (χ4v) is 4.16. The van der Waals surface area contributed by atoms with Gasteiger partial charge in [0, 0.05) is 16.3 Å². The first-order valence-corrected chi connectivity index (χ1v) is 10.1. The summed E-state index contributed by atoms with van der Waals surface area (Å²) in [4.78, 5) is 17.5. The van der Waals surface area contributed by atoms with Gasteiger partial charge in [-0.15, -0.1) is 0 Å². The Kier molecular flexibility index (Phi) is 5.72. The van der Waals surface area contributed by atoms with Crippen LogP contribution in [0.4, 0.5) is 22.0 Å². The van der Waals surface area contributed by atoms with Gasteiger partial charge in [0.1, 0.15) is 0 Å². The zero-order valence-electron chi connectivity index (χ0n) is 15.3. The SMILES string of the molecule is O=c1c2ccccc2nc(SCc2c(F)c(F)c(F)c(F)c2F)n1-c1cccc(Cl)c1. The Bertz CT molecular complexity index is 1360. The molecule has 4 rings (SSSR count). The molecule has 0 radical (unpaired) electrons. The first-order chi connectivity index (χ1) is 14.8. The van der Waals surface area contributed by atoms with E-state index in [2.05, 4.69) is 4.98 Å². The molecule has 158 valence electrons. The average Bonchev–Trinajstić information content (AvgIpc) is 2.76. The van der Waals surface area contributed by atoms with E-state index in [1.807, 2.05) is 0 Å². The third-order valence-corrected chi connectivity index (χ3v) is 5.66. The predicted octanol–water partition coefficient (Wildman–Crippen LogP) is 6.03. The van der Waals surface area contributed by atoms with Crippen LogP contribution in [0.3, 0.4) is 0 Å². The van der Waals surface area contributed by atoms with Crippen molar-refractivity contribution in [3.63, 3.8) is 0 Å². The molecule has 1 heterocycles. The molecule has 0 saturated heterocycles. The highest BCUT2D eigenvalue weighted by Gasteiger charge is 2.26. The van der Waals surface area contributed by atoms with Crippen molar-refractivity contribution < 1.29 is 22.0 Å². The van der Waals surface area contributed by atoms with Crippen molar-refractivity contribution >= 4 is 34.3 Å². The number of fused-ring (bicyclic) bond motifs is 1. The van der Waals surface area contributed by atoms with E-state index in [4.69, 9.17) is 11.6 Å². The topological polar surface area (TPSA) is 34.9 Å². The molecule has 3 aromatic carbocycles. The molecule has 0 N–H and O–H groups in total. The summed E-state index contributed by atoms with van der Waals surface area (Å²) in [7, 11) is 0. The lowest BCUT2D eigenvalue weighted by Crippen LogP contribution is -2.21. The number of thioether (sulfide) groups is 1. The molecular weight excluding hydrogens is 459 g/mol. The molecule has 31 heavy (non-hydrogen) atoms. The van der Waals surface area contributed by atoms with Crippen LogP contribution in [-0.4, -0.2) is 9.55 Å². The molecule has 0 saturated carbocycles. The number of hydrogen-bond acceptors (Lipinski definition) is 3. The Labute approximate surface area is 181 Å². The Morgan fingerprint density at radius 3 is 2.19 bits per heavy atom. The fourth-order valence-electron chi connectivity index (χ4n) is 2.97. The fraction of sp³-hybridized carbons (Fsp3) is 0.0476. The van der Waals surface area contributed by atoms with Crippen LogP contribution in [0.15, 0.2) is 58.5 Å². The van der Waals surface area contributed by atoms with E-state index in [-0.39, 0.29) is 10.5 Å². The maximum absolute atomic E-state index is 14.1. The minimum Gasteiger partial charge on any atom is -0.268 e. The highest BCUT2D eigenvalue weighted by molar-refractivity contribution is 7.98. The summed E-state index contributed by atoms with van der Waals surface area (Å²) in [6.07, 6.45) is 0. The minimum absolute atomic E-state index is 0.00471. The van der Waals surface area contributed by atoms with Gasteiger partial charge in [0.05, 0.1) is 16.6 Å². The summed E-state index contributed by atoms with van der Waals surface area (Å²) >= 11 is 6.68. The van der Waals surface area contributed by atoms with Crippen molar-refractivity contribution in [2.75, 3.05) is 0 Å². The van der Waals surface area contributed by atoms with Gasteiger partial charge in [0.15, 0.2) is 28.4 Å². The molecule has 4 aromatic rings. The molecule has 0 amide bonds. The van der Waals surface area contributed by atoms with Crippen LogP contribution in [0.25, 0.3) is 16.6 Å². The van der Waals surface area contributed by atoms with Crippen molar-refractivity contribution in [1.29, 1.82) is 0 Å². The Balaban J connectivity index is 1.87. The summed E-state index contributed by atoms with van der Waals surface area (Å²) in [5, 5.41) is 0.603. The number of hydrogen-bond donors (Lipinski definition) is 0. The molecular formula is C21H10ClF5N2OS. The third kappa shape index (κ3) is 3.79. The highest BCUT2D eigenvalue weighted by atomic mass is 35.5. The lowest BCUT2D eigenvalue weighted by molar-refractivity contribution is 0.372. The summed E-state index contributed by atoms with van der Waals surface area (Å²) in [5.74, 6) is -10.8. The largest absolute Gasteiger partial charge is 0.268 e. The van der Waals surface area contributed by atoms with Gasteiger partial charge in [0.25, 0.3) is 5.56 Å². The average molecular weight is 469 g/mol. The van der Waals surface area contributed by atoms with E-state index < -0.39 is 46.0 Å². The van der Waals surface area contributed by atoms with Crippen LogP contribution in [0.5, 0.6) is 0 Å². The number of aromatic nitrogens is 2. The molecule has 0 fully saturated rings. The Hall–Kier alpha value is -2.91. The number of para-hydroxylation sites is 1. The molecule has 0 aliphatic rings. The predicted molar refractivity (Wildman–Crippen MR) is 108 cm³/mol. The zero-order valence-corrected chi connectivity index (χ0v) is 16.9. The van der Waals surface area contributed by atoms with Crippen LogP contribution in [-0.2, 0) is 5.75 Å². The van der Waals surface area contributed by atoms with Crippen molar-refractivity contribution in [1.82, 2.24) is 9.55 Å². The molecule has 0 atom stereocenters. The van der Waals surface area contributed by atoms with Gasteiger partial charge in [0.2, 0.25) is 5.82 Å². The molecule has 1 aromatic heterocycles. The standard InChI is InChI=1S/C21H10ClF5N2OS/c22-10-4-3-5-11(8-10)29-20(30)12-6-1-2-7-14(12)28-21(29)31-9-13-15(23)17(25)19(27)18(26)16(13)24/h1-8H,9H2. The maximum Gasteiger partial charge on any atom is 0.266 e. The lowest BCUT2D eigenvalue weighted by atomic mass is 10.2. The normalized spacial score (nSPS) is 11.3. The summed E-state index contributed by atoms with van der Waals surface area (Å²) in [5.41, 5.74) is -0.851. The van der Waals surface area contributed by atoms with Gasteiger partial charge >= 0.3 is 0 Å². The molecule has 0 bridgehead atoms. The van der Waals surface area contributed by atoms with Crippen molar-refractivity contribution in [3.05, 3.63) is 98.6 Å². The highest BCUT2D eigenvalue weighted by Crippen LogP contribution is 2.30. The number of rotatable bonds is 4. The first kappa shape index (κ1) is 21.3. The second-order valence-electron chi connectivity index (χ2n) is 6.37. The van der Waals surface area contributed by atoms with Gasteiger partial charge in [-0.05, 0) is 30.3 Å². The Morgan fingerprint density at radius 1 is 0.871 bits per heavy atom. The summed E-state index contributed by atoms with van der Waals surface area (Å²) in [6.45, 7) is 0. The van der Waals surface area contributed by atoms with Gasteiger partial charge in [-0.3, -0.25) is 9.36 Å². The molecule has 0 unspecified atom stereocenters. The summed E-state index contributed by atoms with van der Waals surface area (Å²) in [6, 6.07) is 12.7. The van der Waals surface area contributed by atoms with E-state index in [1.165, 1.54) is 10.6 Å². The second kappa shape index (κ2) is 8.32. The maximum atomic E-state index is 14.1. The van der Waals surface area contributed by atoms with Gasteiger partial charge < -0.3 is 0 Å². The monoisotopic (exact) mass is 468 g/mol. The first-order valence-electron chi connectivity index (χ1n) is 8.70. The zero-order chi connectivity index (χ0) is 22.3. The smallest absolute Gasteiger partial charge is 0.266 e. The molecule has 0 aliphatic heterocycles. The van der Waals surface area contributed by atoms with Crippen molar-refractivity contribution in [2.24, 2.45) is 0 Å². The minimum atomic E-state index is -2.23. The third-order valence-electron chi connectivity index (χ3n) is 4.46. The molecule has 0 aliphatic carbocycles. The van der Waals surface area contributed by atoms with Crippen molar-refractivity contribution in [3.8, 4) is 5.69 Å². The van der Waals surface area contributed by atoms with Crippen LogP contribution in [0, 0.1) is 29.1 Å². The van der Waals surface area contributed by atoms with E-state index in [0.717, 1.165) is 0 Å². The number of benzene rings is 3. The van der Waals surface area contributed by atoms with E-state index >= 15 is 0 Å². The van der Waals surface area contributed by atoms with Crippen LogP contribution in [0.2, 0.25) is 5.02 Å². The number of halogens is 6. The molecule has 0 spiro atoms.